The van der Waals surface area contributed by atoms with Gasteiger partial charge in [0.1, 0.15) is 0 Å². The molecule has 20 heavy (non-hydrogen) atoms. The fourth-order valence-electron chi connectivity index (χ4n) is 3.37. The highest BCUT2D eigenvalue weighted by Crippen LogP contribution is 2.53. The zero-order valence-electron chi connectivity index (χ0n) is 10.3. The highest BCUT2D eigenvalue weighted by atomic mass is 35.5. The van der Waals surface area contributed by atoms with E-state index >= 15 is 0 Å². The summed E-state index contributed by atoms with van der Waals surface area (Å²) < 4.78 is 59.9. The molecule has 3 rings (SSSR count). The van der Waals surface area contributed by atoms with Crippen molar-refractivity contribution in [1.29, 1.82) is 0 Å². The molecule has 1 unspecified atom stereocenters. The fraction of sp³-hybridized carbons (Fsp3) is 0.538. The van der Waals surface area contributed by atoms with E-state index in [-0.39, 0.29) is 23.5 Å². The summed E-state index contributed by atoms with van der Waals surface area (Å²) in [6.45, 7) is 0. The van der Waals surface area contributed by atoms with Crippen molar-refractivity contribution in [3.8, 4) is 0 Å². The van der Waals surface area contributed by atoms with Gasteiger partial charge in [0.05, 0.1) is 11.5 Å². The Balaban J connectivity index is 2.27. The van der Waals surface area contributed by atoms with Crippen LogP contribution in [0.1, 0.15) is 17.0 Å². The maximum atomic E-state index is 14.1. The summed E-state index contributed by atoms with van der Waals surface area (Å²) >= 11 is 12.4. The molecule has 0 radical (unpaired) electrons. The first-order chi connectivity index (χ1) is 9.40. The predicted octanol–water partition coefficient (Wildman–Crippen LogP) is 3.74. The molecule has 0 saturated heterocycles. The molecular formula is C13H10Cl2F4O. The van der Waals surface area contributed by atoms with Crippen molar-refractivity contribution < 1.29 is 22.3 Å². The van der Waals surface area contributed by atoms with Crippen LogP contribution in [0.25, 0.3) is 0 Å². The topological polar surface area (TPSA) is 9.23 Å². The summed E-state index contributed by atoms with van der Waals surface area (Å²) in [6.07, 6.45) is -0.697. The Kier molecular flexibility index (Phi) is 3.42. The van der Waals surface area contributed by atoms with E-state index in [1.165, 1.54) is 7.11 Å². The Morgan fingerprint density at radius 2 is 1.55 bits per heavy atom. The van der Waals surface area contributed by atoms with Crippen LogP contribution < -0.4 is 0 Å². The third kappa shape index (κ3) is 1.66. The standard InChI is InChI=1S/C13H10Cl2F4O/c1-20-13-6-5-3(2-4(7(6)14)8(13)15)9(16)11(18)12(19)10(5)17/h4,6-8,13H,2H2,1H3/t4-,6+,7?,8+,13-/m0/s1. The summed E-state index contributed by atoms with van der Waals surface area (Å²) in [5.41, 5.74) is -0.425. The van der Waals surface area contributed by atoms with Crippen LogP contribution in [0.15, 0.2) is 0 Å². The highest BCUT2D eigenvalue weighted by molar-refractivity contribution is 6.26. The fourth-order valence-corrected chi connectivity index (χ4v) is 4.46. The van der Waals surface area contributed by atoms with Crippen molar-refractivity contribution in [3.05, 3.63) is 34.4 Å². The van der Waals surface area contributed by atoms with Crippen molar-refractivity contribution >= 4 is 23.2 Å². The molecule has 1 aromatic carbocycles. The average molecular weight is 329 g/mol. The summed E-state index contributed by atoms with van der Waals surface area (Å²) in [7, 11) is 1.37. The van der Waals surface area contributed by atoms with Crippen molar-refractivity contribution in [1.82, 2.24) is 0 Å². The van der Waals surface area contributed by atoms with E-state index in [1.807, 2.05) is 0 Å². The first-order valence-corrected chi connectivity index (χ1v) is 6.93. The maximum Gasteiger partial charge on any atom is 0.197 e. The Labute approximate surface area is 122 Å². The van der Waals surface area contributed by atoms with Gasteiger partial charge >= 0.3 is 0 Å². The van der Waals surface area contributed by atoms with Gasteiger partial charge in [0.15, 0.2) is 23.3 Å². The molecule has 110 valence electrons. The highest BCUT2D eigenvalue weighted by Gasteiger charge is 2.55. The quantitative estimate of drug-likeness (QED) is 0.330. The molecule has 7 heteroatoms. The van der Waals surface area contributed by atoms with E-state index in [0.29, 0.717) is 0 Å². The lowest BCUT2D eigenvalue weighted by Gasteiger charge is -2.29. The Morgan fingerprint density at radius 3 is 2.15 bits per heavy atom. The number of rotatable bonds is 1. The van der Waals surface area contributed by atoms with E-state index in [2.05, 4.69) is 0 Å². The molecule has 0 aliphatic heterocycles. The largest absolute Gasteiger partial charge is 0.379 e. The van der Waals surface area contributed by atoms with Crippen LogP contribution in [0.4, 0.5) is 17.6 Å². The second kappa shape index (κ2) is 4.75. The summed E-state index contributed by atoms with van der Waals surface area (Å²) in [5.74, 6) is -7.55. The molecule has 1 aromatic rings. The number of methoxy groups -OCH3 is 1. The van der Waals surface area contributed by atoms with Gasteiger partial charge in [-0.15, -0.1) is 23.2 Å². The molecule has 0 N–H and O–H groups in total. The van der Waals surface area contributed by atoms with Gasteiger partial charge in [-0.2, -0.15) is 0 Å². The van der Waals surface area contributed by atoms with Gasteiger partial charge in [-0.1, -0.05) is 0 Å². The lowest BCUT2D eigenvalue weighted by atomic mass is 9.81. The van der Waals surface area contributed by atoms with Gasteiger partial charge in [0.2, 0.25) is 0 Å². The second-order valence-electron chi connectivity index (χ2n) is 5.13. The van der Waals surface area contributed by atoms with Crippen LogP contribution in [0.3, 0.4) is 0 Å². The van der Waals surface area contributed by atoms with Gasteiger partial charge < -0.3 is 4.74 Å². The minimum atomic E-state index is -1.82. The third-order valence-corrected chi connectivity index (χ3v) is 5.45. The molecule has 5 atom stereocenters. The van der Waals surface area contributed by atoms with Crippen LogP contribution >= 0.6 is 23.2 Å². The second-order valence-corrected chi connectivity index (χ2v) is 6.14. The van der Waals surface area contributed by atoms with Crippen molar-refractivity contribution in [2.45, 2.75) is 29.2 Å². The number of halogens is 6. The van der Waals surface area contributed by atoms with Crippen molar-refractivity contribution in [3.63, 3.8) is 0 Å². The molecule has 0 aromatic heterocycles. The Morgan fingerprint density at radius 1 is 0.950 bits per heavy atom. The molecule has 0 spiro atoms. The van der Waals surface area contributed by atoms with Crippen LogP contribution in [0, 0.1) is 29.2 Å². The smallest absolute Gasteiger partial charge is 0.197 e. The number of benzene rings is 1. The van der Waals surface area contributed by atoms with Gasteiger partial charge in [-0.25, -0.2) is 17.6 Å². The summed E-state index contributed by atoms with van der Waals surface area (Å²) in [5, 5.41) is -1.17. The van der Waals surface area contributed by atoms with E-state index in [9.17, 15) is 17.6 Å². The maximum absolute atomic E-state index is 14.1. The van der Waals surface area contributed by atoms with Crippen LogP contribution in [0.2, 0.25) is 0 Å². The van der Waals surface area contributed by atoms with E-state index < -0.39 is 46.0 Å². The van der Waals surface area contributed by atoms with Crippen LogP contribution in [0.5, 0.6) is 0 Å². The van der Waals surface area contributed by atoms with Gasteiger partial charge in [-0.3, -0.25) is 0 Å². The molecule has 2 aliphatic carbocycles. The summed E-state index contributed by atoms with van der Waals surface area (Å²) in [4.78, 5) is 0. The molecule has 1 nitrogen and oxygen atoms in total. The summed E-state index contributed by atoms with van der Waals surface area (Å²) in [6, 6.07) is 0. The van der Waals surface area contributed by atoms with E-state index in [4.69, 9.17) is 27.9 Å². The SMILES string of the molecule is CO[C@@H]1[C@H](Cl)[C@H]2Cc3c(F)c(F)c(F)c(F)c3[C@@H]1C2Cl. The van der Waals surface area contributed by atoms with Crippen LogP contribution in [-0.4, -0.2) is 24.0 Å². The van der Waals surface area contributed by atoms with E-state index in [0.717, 1.165) is 0 Å². The number of fused-ring (bicyclic) bond motifs is 4. The lowest BCUT2D eigenvalue weighted by Crippen LogP contribution is -2.29. The number of alkyl halides is 2. The molecular weight excluding hydrogens is 319 g/mol. The first-order valence-electron chi connectivity index (χ1n) is 6.05. The number of hydrogen-bond donors (Lipinski definition) is 0. The normalized spacial score (nSPS) is 35.2. The van der Waals surface area contributed by atoms with Gasteiger partial charge in [-0.05, 0) is 17.9 Å². The molecule has 0 amide bonds. The lowest BCUT2D eigenvalue weighted by molar-refractivity contribution is 0.0952. The molecule has 1 fully saturated rings. The molecule has 2 aliphatic rings. The number of hydrogen-bond acceptors (Lipinski definition) is 1. The van der Waals surface area contributed by atoms with Crippen molar-refractivity contribution in [2.75, 3.05) is 7.11 Å². The zero-order chi connectivity index (χ0) is 14.8. The Hall–Kier alpha value is -0.520. The minimum absolute atomic E-state index is 0.0337. The molecule has 0 heterocycles. The predicted molar refractivity (Wildman–Crippen MR) is 66.3 cm³/mol. The molecule has 1 saturated carbocycles. The van der Waals surface area contributed by atoms with E-state index in [1.54, 1.807) is 0 Å². The first kappa shape index (κ1) is 14.4. The number of ether oxygens (including phenoxy) is 1. The zero-order valence-corrected chi connectivity index (χ0v) is 11.8. The minimum Gasteiger partial charge on any atom is -0.379 e. The van der Waals surface area contributed by atoms with Crippen molar-refractivity contribution in [2.24, 2.45) is 5.92 Å². The third-order valence-electron chi connectivity index (χ3n) is 4.28. The molecule has 2 bridgehead atoms. The van der Waals surface area contributed by atoms with Crippen LogP contribution in [-0.2, 0) is 11.2 Å². The van der Waals surface area contributed by atoms with Gasteiger partial charge in [0.25, 0.3) is 0 Å². The van der Waals surface area contributed by atoms with Gasteiger partial charge in [0, 0.05) is 24.0 Å². The average Bonchev–Trinajstić information content (AvgIpc) is 2.59. The monoisotopic (exact) mass is 328 g/mol. The Bertz CT molecular complexity index is 580.